The Hall–Kier alpha value is -1.85. The second-order valence-corrected chi connectivity index (χ2v) is 4.60. The third kappa shape index (κ3) is 2.94. The van der Waals surface area contributed by atoms with Gasteiger partial charge in [-0.25, -0.2) is 4.98 Å². The van der Waals surface area contributed by atoms with E-state index in [9.17, 15) is 10.1 Å². The van der Waals surface area contributed by atoms with E-state index in [4.69, 9.17) is 23.2 Å². The topological polar surface area (TPSA) is 68.1 Å². The first-order valence-electron chi connectivity index (χ1n) is 5.31. The van der Waals surface area contributed by atoms with Crippen LogP contribution >= 0.6 is 23.2 Å². The van der Waals surface area contributed by atoms with E-state index in [2.05, 4.69) is 10.3 Å². The van der Waals surface area contributed by atoms with Gasteiger partial charge in [-0.05, 0) is 24.3 Å². The molecule has 0 bridgehead atoms. The van der Waals surface area contributed by atoms with Crippen molar-refractivity contribution in [1.29, 1.82) is 0 Å². The number of hydrogen-bond donors (Lipinski definition) is 1. The van der Waals surface area contributed by atoms with Gasteiger partial charge in [-0.1, -0.05) is 23.2 Å². The van der Waals surface area contributed by atoms with Gasteiger partial charge in [0.15, 0.2) is 5.69 Å². The van der Waals surface area contributed by atoms with Crippen molar-refractivity contribution in [2.45, 2.75) is 0 Å². The molecule has 0 atom stereocenters. The molecule has 0 unspecified atom stereocenters. The minimum atomic E-state index is -0.490. The molecular formula is C12H9Cl2N3O2. The molecule has 1 heterocycles. The number of halogens is 2. The summed E-state index contributed by atoms with van der Waals surface area (Å²) in [6, 6.07) is 7.65. The van der Waals surface area contributed by atoms with Crippen LogP contribution in [0.15, 0.2) is 30.3 Å². The molecule has 98 valence electrons. The molecule has 1 N–H and O–H groups in total. The van der Waals surface area contributed by atoms with Crippen molar-refractivity contribution in [1.82, 2.24) is 4.98 Å². The summed E-state index contributed by atoms with van der Waals surface area (Å²) < 4.78 is 0. The number of rotatable bonds is 3. The second kappa shape index (κ2) is 5.42. The predicted octanol–water partition coefficient (Wildman–Crippen LogP) is 4.01. The van der Waals surface area contributed by atoms with E-state index >= 15 is 0 Å². The summed E-state index contributed by atoms with van der Waals surface area (Å²) in [5.41, 5.74) is 0.625. The molecule has 0 fully saturated rings. The Morgan fingerprint density at radius 2 is 1.84 bits per heavy atom. The van der Waals surface area contributed by atoms with E-state index < -0.39 is 4.92 Å². The highest BCUT2D eigenvalue weighted by atomic mass is 35.5. The van der Waals surface area contributed by atoms with Gasteiger partial charge in [-0.2, -0.15) is 0 Å². The number of anilines is 1. The summed E-state index contributed by atoms with van der Waals surface area (Å²) in [6.45, 7) is 0. The molecule has 1 aromatic heterocycles. The summed E-state index contributed by atoms with van der Waals surface area (Å²) in [6.07, 6.45) is 0. The van der Waals surface area contributed by atoms with Crippen molar-refractivity contribution in [3.8, 4) is 11.3 Å². The monoisotopic (exact) mass is 297 g/mol. The van der Waals surface area contributed by atoms with Crippen LogP contribution in [0.5, 0.6) is 0 Å². The smallest absolute Gasteiger partial charge is 0.295 e. The summed E-state index contributed by atoms with van der Waals surface area (Å²) >= 11 is 11.8. The fourth-order valence-electron chi connectivity index (χ4n) is 1.64. The fourth-order valence-corrected chi connectivity index (χ4v) is 2.17. The van der Waals surface area contributed by atoms with Gasteiger partial charge >= 0.3 is 0 Å². The van der Waals surface area contributed by atoms with E-state index in [-0.39, 0.29) is 11.4 Å². The lowest BCUT2D eigenvalue weighted by Gasteiger charge is -2.06. The van der Waals surface area contributed by atoms with Gasteiger partial charge in [0.25, 0.3) is 5.69 Å². The molecule has 0 saturated heterocycles. The molecule has 0 aliphatic carbocycles. The van der Waals surface area contributed by atoms with E-state index in [1.807, 2.05) is 0 Å². The van der Waals surface area contributed by atoms with Gasteiger partial charge in [-0.3, -0.25) is 10.1 Å². The van der Waals surface area contributed by atoms with Gasteiger partial charge < -0.3 is 5.32 Å². The normalized spacial score (nSPS) is 10.3. The Kier molecular flexibility index (Phi) is 3.87. The molecule has 5 nitrogen and oxygen atoms in total. The largest absolute Gasteiger partial charge is 0.373 e. The molecular weight excluding hydrogens is 289 g/mol. The number of pyridine rings is 1. The second-order valence-electron chi connectivity index (χ2n) is 3.73. The highest BCUT2D eigenvalue weighted by Gasteiger charge is 2.18. The SMILES string of the molecule is CNc1ccc([N+](=O)[O-])c(-c2cc(Cl)cc(Cl)c2)n1. The average Bonchev–Trinajstić information content (AvgIpc) is 2.36. The summed E-state index contributed by atoms with van der Waals surface area (Å²) in [5, 5.41) is 14.7. The molecule has 0 spiro atoms. The fraction of sp³-hybridized carbons (Fsp3) is 0.0833. The van der Waals surface area contributed by atoms with Crippen LogP contribution in [-0.4, -0.2) is 17.0 Å². The molecule has 0 amide bonds. The quantitative estimate of drug-likeness (QED) is 0.686. The number of hydrogen-bond acceptors (Lipinski definition) is 4. The summed E-state index contributed by atoms with van der Waals surface area (Å²) in [7, 11) is 1.68. The number of aromatic nitrogens is 1. The Balaban J connectivity index is 2.67. The number of nitro groups is 1. The number of benzene rings is 1. The summed E-state index contributed by atoms with van der Waals surface area (Å²) in [4.78, 5) is 14.7. The molecule has 0 aliphatic rings. The molecule has 2 aromatic rings. The van der Waals surface area contributed by atoms with E-state index in [1.54, 1.807) is 25.2 Å². The zero-order valence-electron chi connectivity index (χ0n) is 9.85. The molecule has 7 heteroatoms. The predicted molar refractivity (Wildman–Crippen MR) is 75.9 cm³/mol. The van der Waals surface area contributed by atoms with E-state index in [0.717, 1.165) is 0 Å². The first-order valence-corrected chi connectivity index (χ1v) is 6.06. The number of nitrogens with zero attached hydrogens (tertiary/aromatic N) is 2. The van der Waals surface area contributed by atoms with Gasteiger partial charge in [0.1, 0.15) is 5.82 Å². The van der Waals surface area contributed by atoms with Gasteiger partial charge in [0.2, 0.25) is 0 Å². The van der Waals surface area contributed by atoms with Crippen LogP contribution in [0.25, 0.3) is 11.3 Å². The highest BCUT2D eigenvalue weighted by molar-refractivity contribution is 6.35. The lowest BCUT2D eigenvalue weighted by molar-refractivity contribution is -0.384. The van der Waals surface area contributed by atoms with Crippen LogP contribution in [0.4, 0.5) is 11.5 Å². The molecule has 0 saturated carbocycles. The first kappa shape index (κ1) is 13.6. The number of nitrogens with one attached hydrogen (secondary N) is 1. The maximum atomic E-state index is 11.0. The Bertz CT molecular complexity index is 627. The lowest BCUT2D eigenvalue weighted by Crippen LogP contribution is -1.99. The minimum Gasteiger partial charge on any atom is -0.373 e. The van der Waals surface area contributed by atoms with Crippen LogP contribution in [0, 0.1) is 10.1 Å². The molecule has 0 radical (unpaired) electrons. The first-order chi connectivity index (χ1) is 9.01. The van der Waals surface area contributed by atoms with E-state index in [1.165, 1.54) is 12.1 Å². The van der Waals surface area contributed by atoms with Crippen molar-refractivity contribution >= 4 is 34.7 Å². The minimum absolute atomic E-state index is 0.0997. The third-order valence-electron chi connectivity index (χ3n) is 2.46. The average molecular weight is 298 g/mol. The van der Waals surface area contributed by atoms with Crippen molar-refractivity contribution < 1.29 is 4.92 Å². The van der Waals surface area contributed by atoms with Crippen molar-refractivity contribution in [2.24, 2.45) is 0 Å². The Morgan fingerprint density at radius 1 is 1.21 bits per heavy atom. The van der Waals surface area contributed by atoms with Crippen molar-refractivity contribution in [3.63, 3.8) is 0 Å². The third-order valence-corrected chi connectivity index (χ3v) is 2.90. The standard InChI is InChI=1S/C12H9Cl2N3O2/c1-15-11-3-2-10(17(18)19)12(16-11)7-4-8(13)6-9(14)5-7/h2-6H,1H3,(H,15,16). The van der Waals surface area contributed by atoms with Crippen LogP contribution in [-0.2, 0) is 0 Å². The van der Waals surface area contributed by atoms with Gasteiger partial charge in [0.05, 0.1) is 4.92 Å². The van der Waals surface area contributed by atoms with Gasteiger partial charge in [-0.15, -0.1) is 0 Å². The molecule has 1 aromatic carbocycles. The highest BCUT2D eigenvalue weighted by Crippen LogP contribution is 2.32. The van der Waals surface area contributed by atoms with Crippen molar-refractivity contribution in [3.05, 3.63) is 50.5 Å². The van der Waals surface area contributed by atoms with Gasteiger partial charge in [0, 0.05) is 28.7 Å². The Morgan fingerprint density at radius 3 is 2.37 bits per heavy atom. The molecule has 19 heavy (non-hydrogen) atoms. The van der Waals surface area contributed by atoms with Crippen molar-refractivity contribution in [2.75, 3.05) is 12.4 Å². The van der Waals surface area contributed by atoms with Crippen LogP contribution < -0.4 is 5.32 Å². The molecule has 2 rings (SSSR count). The lowest BCUT2D eigenvalue weighted by atomic mass is 10.1. The van der Waals surface area contributed by atoms with Crippen LogP contribution in [0.2, 0.25) is 10.0 Å². The Labute approximate surface area is 119 Å². The zero-order chi connectivity index (χ0) is 14.0. The zero-order valence-corrected chi connectivity index (χ0v) is 11.4. The maximum Gasteiger partial charge on any atom is 0.295 e. The van der Waals surface area contributed by atoms with Crippen LogP contribution in [0.1, 0.15) is 0 Å². The summed E-state index contributed by atoms with van der Waals surface area (Å²) in [5.74, 6) is 0.525. The molecule has 0 aliphatic heterocycles. The maximum absolute atomic E-state index is 11.0. The van der Waals surface area contributed by atoms with E-state index in [0.29, 0.717) is 21.4 Å². The van der Waals surface area contributed by atoms with Crippen LogP contribution in [0.3, 0.4) is 0 Å².